The lowest BCUT2D eigenvalue weighted by Crippen LogP contribution is -2.64. The third kappa shape index (κ3) is 5.23. The number of carbonyl (C=O) groups excluding carboxylic acids is 3. The van der Waals surface area contributed by atoms with Crippen LogP contribution in [-0.2, 0) is 14.4 Å². The summed E-state index contributed by atoms with van der Waals surface area (Å²) in [6.45, 7) is 2.10. The first kappa shape index (κ1) is 24.9. The van der Waals surface area contributed by atoms with Crippen molar-refractivity contribution in [3.8, 4) is 0 Å². The monoisotopic (exact) mass is 477 g/mol. The fraction of sp³-hybridized carbons (Fsp3) is 0.444. The molecule has 8 nitrogen and oxygen atoms in total. The molecule has 2 saturated heterocycles. The van der Waals surface area contributed by atoms with Crippen LogP contribution >= 0.6 is 0 Å². The van der Waals surface area contributed by atoms with E-state index in [1.165, 1.54) is 0 Å². The number of nitrogens with one attached hydrogen (secondary N) is 2. The Morgan fingerprint density at radius 2 is 1.63 bits per heavy atom. The minimum absolute atomic E-state index is 0.0632. The Labute approximate surface area is 206 Å². The Kier molecular flexibility index (Phi) is 7.83. The zero-order valence-corrected chi connectivity index (χ0v) is 20.1. The molecule has 6 N–H and O–H groups in total. The lowest BCUT2D eigenvalue weighted by molar-refractivity contribution is -0.148. The van der Waals surface area contributed by atoms with Crippen molar-refractivity contribution in [1.82, 2.24) is 15.5 Å². The first-order valence-electron chi connectivity index (χ1n) is 12.4. The molecule has 3 amide bonds. The van der Waals surface area contributed by atoms with Gasteiger partial charge in [0.2, 0.25) is 17.7 Å². The molecule has 5 atom stereocenters. The number of hydrogen-bond acceptors (Lipinski definition) is 5. The van der Waals surface area contributed by atoms with E-state index in [9.17, 15) is 14.4 Å². The van der Waals surface area contributed by atoms with Crippen molar-refractivity contribution in [3.05, 3.63) is 71.8 Å². The number of fused-ring (bicyclic) bond motifs is 1. The van der Waals surface area contributed by atoms with Crippen LogP contribution in [0, 0.1) is 5.92 Å². The lowest BCUT2D eigenvalue weighted by Gasteiger charge is -2.42. The van der Waals surface area contributed by atoms with Crippen LogP contribution in [-0.4, -0.2) is 53.3 Å². The Hall–Kier alpha value is -3.23. The van der Waals surface area contributed by atoms with Crippen molar-refractivity contribution in [1.29, 1.82) is 0 Å². The summed E-state index contributed by atoms with van der Waals surface area (Å²) >= 11 is 0. The second kappa shape index (κ2) is 11.0. The fourth-order valence-electron chi connectivity index (χ4n) is 5.30. The van der Waals surface area contributed by atoms with Crippen LogP contribution in [0.2, 0.25) is 0 Å². The Morgan fingerprint density at radius 3 is 2.17 bits per heavy atom. The van der Waals surface area contributed by atoms with Crippen molar-refractivity contribution >= 4 is 17.7 Å². The summed E-state index contributed by atoms with van der Waals surface area (Å²) in [6.07, 6.45) is 2.43. The minimum atomic E-state index is -0.770. The lowest BCUT2D eigenvalue weighted by atomic mass is 9.86. The molecule has 2 heterocycles. The maximum Gasteiger partial charge on any atom is 0.246 e. The normalized spacial score (nSPS) is 24.7. The molecule has 0 radical (unpaired) electrons. The highest BCUT2D eigenvalue weighted by Crippen LogP contribution is 2.36. The molecule has 35 heavy (non-hydrogen) atoms. The maximum absolute atomic E-state index is 13.6. The average Bonchev–Trinajstić information content (AvgIpc) is 3.33. The molecule has 0 saturated carbocycles. The highest BCUT2D eigenvalue weighted by Gasteiger charge is 2.50. The van der Waals surface area contributed by atoms with E-state index in [2.05, 4.69) is 10.6 Å². The van der Waals surface area contributed by atoms with Crippen LogP contribution in [0.1, 0.15) is 49.8 Å². The van der Waals surface area contributed by atoms with Crippen LogP contribution < -0.4 is 22.1 Å². The number of hydrogen-bond donors (Lipinski definition) is 4. The van der Waals surface area contributed by atoms with Crippen LogP contribution in [0.3, 0.4) is 0 Å². The number of nitrogens with zero attached hydrogens (tertiary/aromatic N) is 1. The van der Waals surface area contributed by atoms with Gasteiger partial charge in [-0.15, -0.1) is 0 Å². The van der Waals surface area contributed by atoms with Crippen LogP contribution in [0.5, 0.6) is 0 Å². The van der Waals surface area contributed by atoms with Crippen molar-refractivity contribution in [2.24, 2.45) is 17.4 Å². The molecule has 0 aromatic heterocycles. The minimum Gasteiger partial charge on any atom is -0.343 e. The summed E-state index contributed by atoms with van der Waals surface area (Å²) in [5.74, 6) is -0.988. The molecule has 2 aromatic carbocycles. The molecule has 2 aliphatic rings. The van der Waals surface area contributed by atoms with Crippen molar-refractivity contribution in [2.45, 2.75) is 62.8 Å². The van der Waals surface area contributed by atoms with Crippen LogP contribution in [0.25, 0.3) is 0 Å². The largest absolute Gasteiger partial charge is 0.343 e. The standard InChI is InChI=1S/C27H35N5O3/c1-2-21(29)25(33)31-24-19(16-28)15-20-13-14-22(32(20)27(24)35)26(34)30-23(17-9-5-3-6-10-17)18-11-7-4-8-12-18/h3-12,19-24H,2,13-16,28-29H2,1H3,(H,30,34)(H,31,33)/t19-,20?,21+,22+,24+/m1/s1. The zero-order chi connectivity index (χ0) is 24.9. The average molecular weight is 478 g/mol. The van der Waals surface area contributed by atoms with Crippen LogP contribution in [0.4, 0.5) is 0 Å². The second-order valence-electron chi connectivity index (χ2n) is 9.49. The summed E-state index contributed by atoms with van der Waals surface area (Å²) in [5, 5.41) is 6.01. The van der Waals surface area contributed by atoms with E-state index in [0.717, 1.165) is 17.5 Å². The van der Waals surface area contributed by atoms with Gasteiger partial charge < -0.3 is 27.0 Å². The maximum atomic E-state index is 13.6. The fourth-order valence-corrected chi connectivity index (χ4v) is 5.30. The SMILES string of the molecule is CC[C@H](N)C(=O)N[C@@H]1C(=O)N2C(CC[C@H]2C(=O)NC(c2ccccc2)c2ccccc2)C[C@@H]1CN. The van der Waals surface area contributed by atoms with Gasteiger partial charge in [0.05, 0.1) is 12.1 Å². The van der Waals surface area contributed by atoms with E-state index in [1.807, 2.05) is 67.6 Å². The van der Waals surface area contributed by atoms with Gasteiger partial charge in [0.1, 0.15) is 12.1 Å². The van der Waals surface area contributed by atoms with Gasteiger partial charge in [-0.3, -0.25) is 14.4 Å². The molecular formula is C27H35N5O3. The Morgan fingerprint density at radius 1 is 1.03 bits per heavy atom. The molecule has 1 unspecified atom stereocenters. The Balaban J connectivity index is 1.55. The first-order chi connectivity index (χ1) is 16.9. The summed E-state index contributed by atoms with van der Waals surface area (Å²) < 4.78 is 0. The summed E-state index contributed by atoms with van der Waals surface area (Å²) in [6, 6.07) is 17.1. The van der Waals surface area contributed by atoms with Gasteiger partial charge in [-0.25, -0.2) is 0 Å². The summed E-state index contributed by atoms with van der Waals surface area (Å²) in [4.78, 5) is 41.4. The van der Waals surface area contributed by atoms with E-state index in [-0.39, 0.29) is 42.3 Å². The third-order valence-electron chi connectivity index (χ3n) is 7.30. The quantitative estimate of drug-likeness (QED) is 0.457. The first-order valence-corrected chi connectivity index (χ1v) is 12.4. The highest BCUT2D eigenvalue weighted by atomic mass is 16.2. The predicted octanol–water partition coefficient (Wildman–Crippen LogP) is 1.45. The van der Waals surface area contributed by atoms with E-state index in [1.54, 1.807) is 4.90 Å². The smallest absolute Gasteiger partial charge is 0.246 e. The number of benzene rings is 2. The third-order valence-corrected chi connectivity index (χ3v) is 7.30. The topological polar surface area (TPSA) is 131 Å². The summed E-state index contributed by atoms with van der Waals surface area (Å²) in [7, 11) is 0. The molecule has 186 valence electrons. The van der Waals surface area contributed by atoms with Crippen molar-refractivity contribution in [2.75, 3.05) is 6.54 Å². The number of amides is 3. The molecule has 0 spiro atoms. The van der Waals surface area contributed by atoms with Gasteiger partial charge in [0, 0.05) is 12.0 Å². The van der Waals surface area contributed by atoms with E-state index in [4.69, 9.17) is 11.5 Å². The number of piperidine rings is 1. The van der Waals surface area contributed by atoms with E-state index in [0.29, 0.717) is 19.3 Å². The van der Waals surface area contributed by atoms with Crippen molar-refractivity contribution < 1.29 is 14.4 Å². The van der Waals surface area contributed by atoms with Gasteiger partial charge in [-0.2, -0.15) is 0 Å². The molecule has 2 aliphatic heterocycles. The van der Waals surface area contributed by atoms with Gasteiger partial charge in [-0.05, 0) is 43.4 Å². The summed E-state index contributed by atoms with van der Waals surface area (Å²) in [5.41, 5.74) is 13.8. The van der Waals surface area contributed by atoms with Gasteiger partial charge in [0.25, 0.3) is 0 Å². The molecule has 0 aliphatic carbocycles. The number of carbonyl (C=O) groups is 3. The van der Waals surface area contributed by atoms with Gasteiger partial charge in [-0.1, -0.05) is 67.6 Å². The number of rotatable bonds is 8. The van der Waals surface area contributed by atoms with E-state index >= 15 is 0 Å². The van der Waals surface area contributed by atoms with E-state index < -0.39 is 18.1 Å². The van der Waals surface area contributed by atoms with Crippen molar-refractivity contribution in [3.63, 3.8) is 0 Å². The molecular weight excluding hydrogens is 442 g/mol. The number of nitrogens with two attached hydrogens (primary N) is 2. The molecule has 2 aromatic rings. The molecule has 0 bridgehead atoms. The highest BCUT2D eigenvalue weighted by molar-refractivity contribution is 5.94. The molecule has 2 fully saturated rings. The molecule has 8 heteroatoms. The van der Waals surface area contributed by atoms with Gasteiger partial charge >= 0.3 is 0 Å². The molecule has 4 rings (SSSR count). The van der Waals surface area contributed by atoms with Crippen LogP contribution in [0.15, 0.2) is 60.7 Å². The second-order valence-corrected chi connectivity index (χ2v) is 9.49. The zero-order valence-electron chi connectivity index (χ0n) is 20.1. The Bertz CT molecular complexity index is 992. The van der Waals surface area contributed by atoms with Gasteiger partial charge in [0.15, 0.2) is 0 Å². The predicted molar refractivity (Wildman–Crippen MR) is 134 cm³/mol.